The van der Waals surface area contributed by atoms with Crippen LogP contribution in [0.5, 0.6) is 5.75 Å². The van der Waals surface area contributed by atoms with Crippen LogP contribution >= 0.6 is 11.9 Å². The minimum absolute atomic E-state index is 0.123. The third-order valence-electron chi connectivity index (χ3n) is 5.98. The summed E-state index contributed by atoms with van der Waals surface area (Å²) in [6.45, 7) is 7.67. The molecule has 0 aliphatic carbocycles. The van der Waals surface area contributed by atoms with E-state index in [9.17, 15) is 5.11 Å². The molecule has 1 atom stereocenters. The van der Waals surface area contributed by atoms with E-state index in [2.05, 4.69) is 91.1 Å². The van der Waals surface area contributed by atoms with Gasteiger partial charge in [0.2, 0.25) is 0 Å². The predicted molar refractivity (Wildman–Crippen MR) is 149 cm³/mol. The number of aliphatic hydroxyl groups is 1. The van der Waals surface area contributed by atoms with Crippen LogP contribution in [0.1, 0.15) is 38.3 Å². The highest BCUT2D eigenvalue weighted by molar-refractivity contribution is 7.97. The van der Waals surface area contributed by atoms with Gasteiger partial charge in [0.1, 0.15) is 5.75 Å². The molecule has 0 aliphatic heterocycles. The molecule has 0 saturated carbocycles. The summed E-state index contributed by atoms with van der Waals surface area (Å²) in [7, 11) is 3.71. The second-order valence-electron chi connectivity index (χ2n) is 9.82. The molecule has 0 aliphatic rings. The maximum atomic E-state index is 10.7. The summed E-state index contributed by atoms with van der Waals surface area (Å²) < 4.78 is 7.35. The molecule has 3 aromatic carbocycles. The molecular formula is C30H40N2O2S. The fourth-order valence-corrected chi connectivity index (χ4v) is 5.14. The first-order valence-electron chi connectivity index (χ1n) is 12.4. The van der Waals surface area contributed by atoms with E-state index in [0.717, 1.165) is 25.0 Å². The Labute approximate surface area is 215 Å². The van der Waals surface area contributed by atoms with Crippen molar-refractivity contribution >= 4 is 11.9 Å². The van der Waals surface area contributed by atoms with Gasteiger partial charge >= 0.3 is 0 Å². The molecular weight excluding hydrogens is 452 g/mol. The molecule has 0 saturated heterocycles. The largest absolute Gasteiger partial charge is 0.497 e. The molecule has 35 heavy (non-hydrogen) atoms. The fraction of sp³-hybridized carbons (Fsp3) is 0.400. The minimum atomic E-state index is -0.462. The Morgan fingerprint density at radius 1 is 0.971 bits per heavy atom. The molecule has 0 radical (unpaired) electrons. The Morgan fingerprint density at radius 2 is 1.66 bits per heavy atom. The Bertz CT molecular complexity index is 1050. The summed E-state index contributed by atoms with van der Waals surface area (Å²) in [6, 6.07) is 25.6. The molecule has 0 heterocycles. The number of β-amino-alcohol motifs (C(OH)–C–C–N with tert-alkyl or cyclic N) is 1. The van der Waals surface area contributed by atoms with Gasteiger partial charge in [0.15, 0.2) is 0 Å². The van der Waals surface area contributed by atoms with Crippen LogP contribution in [0, 0.1) is 0 Å². The van der Waals surface area contributed by atoms with Crippen molar-refractivity contribution in [1.82, 2.24) is 9.62 Å². The third-order valence-corrected chi connectivity index (χ3v) is 6.91. The van der Waals surface area contributed by atoms with Crippen molar-refractivity contribution in [2.45, 2.75) is 56.6 Å². The molecule has 0 fully saturated rings. The van der Waals surface area contributed by atoms with Gasteiger partial charge in [-0.15, -0.1) is 0 Å². The molecule has 3 rings (SSSR count). The van der Waals surface area contributed by atoms with Gasteiger partial charge in [0.05, 0.1) is 13.2 Å². The van der Waals surface area contributed by atoms with Crippen molar-refractivity contribution in [2.75, 3.05) is 27.2 Å². The summed E-state index contributed by atoms with van der Waals surface area (Å²) in [6.07, 6.45) is 2.67. The quantitative estimate of drug-likeness (QED) is 0.277. The van der Waals surface area contributed by atoms with E-state index in [-0.39, 0.29) is 5.54 Å². The lowest BCUT2D eigenvalue weighted by Gasteiger charge is -2.29. The number of nitrogens with one attached hydrogen (secondary N) is 1. The van der Waals surface area contributed by atoms with Gasteiger partial charge in [-0.3, -0.25) is 0 Å². The van der Waals surface area contributed by atoms with Gasteiger partial charge in [-0.05, 0) is 92.2 Å². The number of aryl methyl sites for hydroxylation is 1. The first-order valence-corrected chi connectivity index (χ1v) is 13.2. The average Bonchev–Trinajstić information content (AvgIpc) is 2.84. The van der Waals surface area contributed by atoms with Gasteiger partial charge in [-0.2, -0.15) is 0 Å². The number of ether oxygens (including phenoxy) is 1. The van der Waals surface area contributed by atoms with E-state index in [0.29, 0.717) is 13.1 Å². The van der Waals surface area contributed by atoms with Crippen LogP contribution in [0.4, 0.5) is 0 Å². The van der Waals surface area contributed by atoms with Crippen LogP contribution in [0.2, 0.25) is 0 Å². The Kier molecular flexibility index (Phi) is 10.2. The zero-order chi connectivity index (χ0) is 25.3. The van der Waals surface area contributed by atoms with E-state index in [4.69, 9.17) is 4.74 Å². The van der Waals surface area contributed by atoms with Crippen LogP contribution in [-0.4, -0.2) is 48.3 Å². The topological polar surface area (TPSA) is 44.7 Å². The van der Waals surface area contributed by atoms with Gasteiger partial charge in [-0.1, -0.05) is 61.9 Å². The van der Waals surface area contributed by atoms with E-state index >= 15 is 0 Å². The third kappa shape index (κ3) is 9.01. The molecule has 2 N–H and O–H groups in total. The molecule has 0 aromatic heterocycles. The van der Waals surface area contributed by atoms with Crippen LogP contribution in [0.15, 0.2) is 77.7 Å². The Morgan fingerprint density at radius 3 is 2.34 bits per heavy atom. The smallest absolute Gasteiger partial charge is 0.118 e. The molecule has 188 valence electrons. The highest BCUT2D eigenvalue weighted by Crippen LogP contribution is 2.28. The molecule has 5 heteroatoms. The summed E-state index contributed by atoms with van der Waals surface area (Å²) in [5.41, 5.74) is 4.98. The minimum Gasteiger partial charge on any atom is -0.497 e. The van der Waals surface area contributed by atoms with Crippen molar-refractivity contribution < 1.29 is 9.84 Å². The summed E-state index contributed by atoms with van der Waals surface area (Å²) in [5, 5.41) is 14.2. The van der Waals surface area contributed by atoms with Gasteiger partial charge in [0.25, 0.3) is 0 Å². The number of rotatable bonds is 13. The van der Waals surface area contributed by atoms with Crippen LogP contribution in [0.3, 0.4) is 0 Å². The second kappa shape index (κ2) is 13.1. The molecule has 0 spiro atoms. The lowest BCUT2D eigenvalue weighted by atomic mass is 9.94. The molecule has 0 bridgehead atoms. The molecule has 1 unspecified atom stereocenters. The normalized spacial score (nSPS) is 12.7. The van der Waals surface area contributed by atoms with E-state index < -0.39 is 6.10 Å². The highest BCUT2D eigenvalue weighted by atomic mass is 32.2. The Balaban J connectivity index is 1.50. The van der Waals surface area contributed by atoms with Crippen LogP contribution in [0.25, 0.3) is 11.1 Å². The number of likely N-dealkylation sites (N-methyl/N-ethyl adjacent to an activating group) is 1. The van der Waals surface area contributed by atoms with E-state index in [1.165, 1.54) is 27.1 Å². The molecule has 4 nitrogen and oxygen atoms in total. The zero-order valence-corrected chi connectivity index (χ0v) is 22.6. The SMILES string of the molecule is CCCc1cccc(-c2cccc(SN(C)CC(O)CNC(C)(C)Cc3ccc(OC)cc3)c2)c1. The number of hydrogen-bond acceptors (Lipinski definition) is 5. The lowest BCUT2D eigenvalue weighted by molar-refractivity contribution is 0.142. The summed E-state index contributed by atoms with van der Waals surface area (Å²) in [4.78, 5) is 1.17. The van der Waals surface area contributed by atoms with Crippen LogP contribution in [-0.2, 0) is 12.8 Å². The van der Waals surface area contributed by atoms with Gasteiger partial charge < -0.3 is 15.2 Å². The van der Waals surface area contributed by atoms with Crippen molar-refractivity contribution in [3.63, 3.8) is 0 Å². The molecule has 3 aromatic rings. The number of aliphatic hydroxyl groups excluding tert-OH is 1. The maximum absolute atomic E-state index is 10.7. The van der Waals surface area contributed by atoms with Gasteiger partial charge in [0, 0.05) is 23.5 Å². The average molecular weight is 493 g/mol. The first-order chi connectivity index (χ1) is 16.8. The Hall–Kier alpha value is -2.31. The van der Waals surface area contributed by atoms with Gasteiger partial charge in [-0.25, -0.2) is 4.31 Å². The maximum Gasteiger partial charge on any atom is 0.118 e. The number of benzene rings is 3. The number of hydrogen-bond donors (Lipinski definition) is 2. The molecule has 0 amide bonds. The summed E-state index contributed by atoms with van der Waals surface area (Å²) in [5.74, 6) is 0.867. The monoisotopic (exact) mass is 492 g/mol. The van der Waals surface area contributed by atoms with Crippen molar-refractivity contribution in [3.8, 4) is 16.9 Å². The second-order valence-corrected chi connectivity index (χ2v) is 11.1. The van der Waals surface area contributed by atoms with E-state index in [1.807, 2.05) is 19.2 Å². The lowest BCUT2D eigenvalue weighted by Crippen LogP contribution is -2.46. The van der Waals surface area contributed by atoms with Crippen molar-refractivity contribution in [3.05, 3.63) is 83.9 Å². The van der Waals surface area contributed by atoms with E-state index in [1.54, 1.807) is 19.1 Å². The zero-order valence-electron chi connectivity index (χ0n) is 21.8. The number of methoxy groups -OCH3 is 1. The first kappa shape index (κ1) is 27.3. The highest BCUT2D eigenvalue weighted by Gasteiger charge is 2.20. The number of nitrogens with zero attached hydrogens (tertiary/aromatic N) is 1. The standard InChI is InChI=1S/C30H40N2O2S/c1-6-9-23-10-7-11-25(18-23)26-12-8-13-29(19-26)35-32(4)22-27(33)21-31-30(2,3)20-24-14-16-28(34-5)17-15-24/h7-8,10-19,27,31,33H,6,9,20-22H2,1-5H3. The summed E-state index contributed by atoms with van der Waals surface area (Å²) >= 11 is 1.67. The predicted octanol–water partition coefficient (Wildman–Crippen LogP) is 6.23. The fourth-order valence-electron chi connectivity index (χ4n) is 4.22. The van der Waals surface area contributed by atoms with Crippen molar-refractivity contribution in [2.24, 2.45) is 0 Å². The van der Waals surface area contributed by atoms with Crippen molar-refractivity contribution in [1.29, 1.82) is 0 Å². The van der Waals surface area contributed by atoms with Crippen LogP contribution < -0.4 is 10.1 Å².